The molecule has 1 spiro atoms. The Balaban J connectivity index is 1.36. The van der Waals surface area contributed by atoms with Gasteiger partial charge in [-0.2, -0.15) is 0 Å². The standard InChI is InChI=1S/C18H34N2O/c1-20(14-9-16-7-3-6-13-19-16)15-17-8-12-18(21-17)10-4-2-5-11-18/h16-17,19H,2-15H2,1H3. The molecule has 1 saturated carbocycles. The van der Waals surface area contributed by atoms with Crippen molar-refractivity contribution in [2.24, 2.45) is 0 Å². The van der Waals surface area contributed by atoms with Crippen molar-refractivity contribution >= 4 is 0 Å². The molecule has 122 valence electrons. The maximum Gasteiger partial charge on any atom is 0.0710 e. The van der Waals surface area contributed by atoms with Crippen LogP contribution in [0.5, 0.6) is 0 Å². The number of likely N-dealkylation sites (N-methyl/N-ethyl adjacent to an activating group) is 1. The molecule has 0 aromatic heterocycles. The molecule has 2 unspecified atom stereocenters. The van der Waals surface area contributed by atoms with Gasteiger partial charge in [0.05, 0.1) is 11.7 Å². The van der Waals surface area contributed by atoms with Gasteiger partial charge in [0.25, 0.3) is 0 Å². The van der Waals surface area contributed by atoms with Crippen LogP contribution >= 0.6 is 0 Å². The molecule has 0 aromatic rings. The second-order valence-corrected chi connectivity index (χ2v) is 7.72. The van der Waals surface area contributed by atoms with Gasteiger partial charge in [-0.25, -0.2) is 0 Å². The Hall–Kier alpha value is -0.120. The maximum atomic E-state index is 6.50. The van der Waals surface area contributed by atoms with Crippen LogP contribution in [0.15, 0.2) is 0 Å². The van der Waals surface area contributed by atoms with Crippen LogP contribution in [0.4, 0.5) is 0 Å². The summed E-state index contributed by atoms with van der Waals surface area (Å²) in [6.07, 6.45) is 15.4. The van der Waals surface area contributed by atoms with Crippen molar-refractivity contribution in [3.8, 4) is 0 Å². The van der Waals surface area contributed by atoms with Crippen molar-refractivity contribution in [3.05, 3.63) is 0 Å². The highest BCUT2D eigenvalue weighted by atomic mass is 16.5. The van der Waals surface area contributed by atoms with Crippen molar-refractivity contribution in [2.45, 2.75) is 88.4 Å². The van der Waals surface area contributed by atoms with E-state index in [9.17, 15) is 0 Å². The highest BCUT2D eigenvalue weighted by Gasteiger charge is 2.40. The number of nitrogens with zero attached hydrogens (tertiary/aromatic N) is 1. The third kappa shape index (κ3) is 4.43. The zero-order chi connectivity index (χ0) is 14.5. The van der Waals surface area contributed by atoms with Crippen LogP contribution in [-0.2, 0) is 4.74 Å². The molecule has 3 nitrogen and oxygen atoms in total. The van der Waals surface area contributed by atoms with E-state index in [0.29, 0.717) is 6.10 Å². The molecule has 0 aromatic carbocycles. The lowest BCUT2D eigenvalue weighted by atomic mass is 9.83. The van der Waals surface area contributed by atoms with Crippen molar-refractivity contribution < 1.29 is 4.74 Å². The second kappa shape index (κ2) is 7.43. The molecule has 21 heavy (non-hydrogen) atoms. The van der Waals surface area contributed by atoms with Crippen LogP contribution in [0.25, 0.3) is 0 Å². The Kier molecular flexibility index (Phi) is 5.58. The zero-order valence-corrected chi connectivity index (χ0v) is 13.9. The minimum Gasteiger partial charge on any atom is -0.370 e. The maximum absolute atomic E-state index is 6.50. The minimum atomic E-state index is 0.286. The Labute approximate surface area is 130 Å². The number of nitrogens with one attached hydrogen (secondary N) is 1. The lowest BCUT2D eigenvalue weighted by Gasteiger charge is -2.34. The van der Waals surface area contributed by atoms with Crippen LogP contribution in [-0.4, -0.2) is 49.3 Å². The largest absolute Gasteiger partial charge is 0.370 e. The van der Waals surface area contributed by atoms with E-state index in [4.69, 9.17) is 4.74 Å². The molecule has 1 N–H and O–H groups in total. The van der Waals surface area contributed by atoms with E-state index in [-0.39, 0.29) is 5.60 Å². The Morgan fingerprint density at radius 2 is 1.90 bits per heavy atom. The smallest absolute Gasteiger partial charge is 0.0710 e. The van der Waals surface area contributed by atoms with Gasteiger partial charge in [-0.15, -0.1) is 0 Å². The molecule has 0 amide bonds. The summed E-state index contributed by atoms with van der Waals surface area (Å²) < 4.78 is 6.50. The predicted octanol–water partition coefficient (Wildman–Crippen LogP) is 3.33. The molecular weight excluding hydrogens is 260 g/mol. The van der Waals surface area contributed by atoms with E-state index in [0.717, 1.165) is 12.6 Å². The van der Waals surface area contributed by atoms with Gasteiger partial charge in [-0.05, 0) is 65.1 Å². The van der Waals surface area contributed by atoms with E-state index in [2.05, 4.69) is 17.3 Å². The van der Waals surface area contributed by atoms with Gasteiger partial charge in [0.15, 0.2) is 0 Å². The average Bonchev–Trinajstić information content (AvgIpc) is 2.89. The second-order valence-electron chi connectivity index (χ2n) is 7.72. The number of piperidine rings is 1. The average molecular weight is 294 g/mol. The Bertz CT molecular complexity index is 308. The number of rotatable bonds is 5. The molecule has 1 aliphatic carbocycles. The number of ether oxygens (including phenoxy) is 1. The predicted molar refractivity (Wildman–Crippen MR) is 87.7 cm³/mol. The molecule has 2 aliphatic heterocycles. The Morgan fingerprint density at radius 3 is 2.67 bits per heavy atom. The van der Waals surface area contributed by atoms with E-state index in [1.165, 1.54) is 83.7 Å². The fraction of sp³-hybridized carbons (Fsp3) is 1.00. The van der Waals surface area contributed by atoms with Gasteiger partial charge in [0, 0.05) is 12.6 Å². The first-order valence-corrected chi connectivity index (χ1v) is 9.36. The van der Waals surface area contributed by atoms with Crippen LogP contribution in [0.3, 0.4) is 0 Å². The monoisotopic (exact) mass is 294 g/mol. The molecule has 0 bridgehead atoms. The molecule has 2 heterocycles. The first kappa shape index (κ1) is 15.8. The zero-order valence-electron chi connectivity index (χ0n) is 13.9. The Morgan fingerprint density at radius 1 is 1.05 bits per heavy atom. The molecular formula is C18H34N2O. The van der Waals surface area contributed by atoms with Gasteiger partial charge in [0.1, 0.15) is 0 Å². The lowest BCUT2D eigenvalue weighted by Crippen LogP contribution is -2.39. The summed E-state index contributed by atoms with van der Waals surface area (Å²) in [5.41, 5.74) is 0.286. The van der Waals surface area contributed by atoms with E-state index < -0.39 is 0 Å². The highest BCUT2D eigenvalue weighted by Crippen LogP contribution is 2.41. The quantitative estimate of drug-likeness (QED) is 0.842. The SMILES string of the molecule is CN(CCC1CCCCN1)CC1CCC2(CCCCC2)O1. The fourth-order valence-electron chi connectivity index (χ4n) is 4.57. The summed E-state index contributed by atoms with van der Waals surface area (Å²) in [6, 6.07) is 0.760. The fourth-order valence-corrected chi connectivity index (χ4v) is 4.57. The molecule has 3 aliphatic rings. The highest BCUT2D eigenvalue weighted by molar-refractivity contribution is 4.92. The first-order chi connectivity index (χ1) is 10.3. The van der Waals surface area contributed by atoms with Gasteiger partial charge < -0.3 is 15.0 Å². The van der Waals surface area contributed by atoms with Crippen LogP contribution in [0, 0.1) is 0 Å². The van der Waals surface area contributed by atoms with Crippen LogP contribution in [0.1, 0.15) is 70.6 Å². The van der Waals surface area contributed by atoms with Crippen molar-refractivity contribution in [3.63, 3.8) is 0 Å². The van der Waals surface area contributed by atoms with Gasteiger partial charge in [-0.1, -0.05) is 25.7 Å². The van der Waals surface area contributed by atoms with Crippen molar-refractivity contribution in [1.29, 1.82) is 0 Å². The molecule has 3 fully saturated rings. The molecule has 2 atom stereocenters. The van der Waals surface area contributed by atoms with Crippen molar-refractivity contribution in [2.75, 3.05) is 26.7 Å². The van der Waals surface area contributed by atoms with Crippen LogP contribution in [0.2, 0.25) is 0 Å². The third-order valence-corrected chi connectivity index (χ3v) is 5.89. The third-order valence-electron chi connectivity index (χ3n) is 5.89. The normalized spacial score (nSPS) is 32.9. The van der Waals surface area contributed by atoms with Gasteiger partial charge in [0.2, 0.25) is 0 Å². The summed E-state index contributed by atoms with van der Waals surface area (Å²) >= 11 is 0. The summed E-state index contributed by atoms with van der Waals surface area (Å²) in [4.78, 5) is 2.50. The molecule has 3 heteroatoms. The van der Waals surface area contributed by atoms with E-state index in [1.807, 2.05) is 0 Å². The summed E-state index contributed by atoms with van der Waals surface area (Å²) in [5.74, 6) is 0. The van der Waals surface area contributed by atoms with Crippen molar-refractivity contribution in [1.82, 2.24) is 10.2 Å². The van der Waals surface area contributed by atoms with Crippen LogP contribution < -0.4 is 5.32 Å². The van der Waals surface area contributed by atoms with Gasteiger partial charge in [-0.3, -0.25) is 0 Å². The summed E-state index contributed by atoms with van der Waals surface area (Å²) in [6.45, 7) is 3.57. The summed E-state index contributed by atoms with van der Waals surface area (Å²) in [5, 5.41) is 3.66. The minimum absolute atomic E-state index is 0.286. The topological polar surface area (TPSA) is 24.5 Å². The van der Waals surface area contributed by atoms with Gasteiger partial charge >= 0.3 is 0 Å². The summed E-state index contributed by atoms with van der Waals surface area (Å²) in [7, 11) is 2.28. The number of hydrogen-bond donors (Lipinski definition) is 1. The molecule has 3 rings (SSSR count). The molecule has 0 radical (unpaired) electrons. The molecule has 2 saturated heterocycles. The van der Waals surface area contributed by atoms with E-state index >= 15 is 0 Å². The number of hydrogen-bond acceptors (Lipinski definition) is 3. The van der Waals surface area contributed by atoms with E-state index in [1.54, 1.807) is 0 Å². The lowest BCUT2D eigenvalue weighted by molar-refractivity contribution is -0.0703. The first-order valence-electron chi connectivity index (χ1n) is 9.36.